The molecular formula is C19H28N4O2. The Morgan fingerprint density at radius 3 is 2.04 bits per heavy atom. The number of hydrogen-bond acceptors (Lipinski definition) is 3. The van der Waals surface area contributed by atoms with E-state index in [1.165, 1.54) is 18.5 Å². The highest BCUT2D eigenvalue weighted by Gasteiger charge is 2.22. The summed E-state index contributed by atoms with van der Waals surface area (Å²) < 4.78 is 0. The van der Waals surface area contributed by atoms with Crippen LogP contribution in [0.5, 0.6) is 0 Å². The standard InChI is InChI=1S/C19H28N4O2/c1-15-7-9-22(10-8-15)18-5-3-17(4-6-18)20-19(25)23-13-11-21(12-14-23)16(2)24/h3-6,15H,7-14H2,1-2H3,(H,20,25). The second-order valence-electron chi connectivity index (χ2n) is 7.14. The molecule has 6 nitrogen and oxygen atoms in total. The number of carbonyl (C=O) groups is 2. The van der Waals surface area contributed by atoms with Crippen LogP contribution in [0.15, 0.2) is 24.3 Å². The largest absolute Gasteiger partial charge is 0.372 e. The zero-order valence-electron chi connectivity index (χ0n) is 15.2. The topological polar surface area (TPSA) is 55.9 Å². The molecule has 25 heavy (non-hydrogen) atoms. The summed E-state index contributed by atoms with van der Waals surface area (Å²) in [6.45, 7) is 8.46. The average Bonchev–Trinajstić information content (AvgIpc) is 2.63. The highest BCUT2D eigenvalue weighted by Crippen LogP contribution is 2.24. The fourth-order valence-corrected chi connectivity index (χ4v) is 3.45. The lowest BCUT2D eigenvalue weighted by Crippen LogP contribution is -2.51. The molecule has 0 aromatic heterocycles. The molecule has 1 aromatic rings. The van der Waals surface area contributed by atoms with Gasteiger partial charge in [0.15, 0.2) is 0 Å². The highest BCUT2D eigenvalue weighted by atomic mass is 16.2. The molecule has 136 valence electrons. The Hall–Kier alpha value is -2.24. The Bertz CT molecular complexity index is 600. The molecule has 2 heterocycles. The fourth-order valence-electron chi connectivity index (χ4n) is 3.45. The first-order valence-corrected chi connectivity index (χ1v) is 9.19. The summed E-state index contributed by atoms with van der Waals surface area (Å²) in [4.78, 5) is 29.7. The lowest BCUT2D eigenvalue weighted by atomic mass is 9.99. The van der Waals surface area contributed by atoms with Crippen LogP contribution in [0.3, 0.4) is 0 Å². The number of rotatable bonds is 2. The summed E-state index contributed by atoms with van der Waals surface area (Å²) in [5.74, 6) is 0.890. The number of amides is 3. The van der Waals surface area contributed by atoms with Crippen molar-refractivity contribution in [3.63, 3.8) is 0 Å². The average molecular weight is 344 g/mol. The van der Waals surface area contributed by atoms with Gasteiger partial charge in [0, 0.05) is 57.6 Å². The van der Waals surface area contributed by atoms with Gasteiger partial charge in [0.05, 0.1) is 0 Å². The van der Waals surface area contributed by atoms with Crippen LogP contribution >= 0.6 is 0 Å². The number of carbonyl (C=O) groups excluding carboxylic acids is 2. The molecule has 2 aliphatic rings. The van der Waals surface area contributed by atoms with Crippen LogP contribution in [-0.2, 0) is 4.79 Å². The van der Waals surface area contributed by atoms with Crippen molar-refractivity contribution >= 4 is 23.3 Å². The van der Waals surface area contributed by atoms with Crippen LogP contribution in [0.25, 0.3) is 0 Å². The molecule has 0 bridgehead atoms. The summed E-state index contributed by atoms with van der Waals surface area (Å²) in [6.07, 6.45) is 2.48. The lowest BCUT2D eigenvalue weighted by molar-refractivity contribution is -0.130. The van der Waals surface area contributed by atoms with Gasteiger partial charge in [0.2, 0.25) is 5.91 Å². The van der Waals surface area contributed by atoms with Gasteiger partial charge >= 0.3 is 6.03 Å². The third-order valence-electron chi connectivity index (χ3n) is 5.28. The first kappa shape index (κ1) is 17.6. The molecule has 0 radical (unpaired) electrons. The van der Waals surface area contributed by atoms with E-state index in [-0.39, 0.29) is 11.9 Å². The van der Waals surface area contributed by atoms with E-state index < -0.39 is 0 Å². The molecule has 3 rings (SSSR count). The molecule has 0 saturated carbocycles. The van der Waals surface area contributed by atoms with Gasteiger partial charge in [-0.1, -0.05) is 6.92 Å². The van der Waals surface area contributed by atoms with Crippen molar-refractivity contribution in [2.45, 2.75) is 26.7 Å². The predicted octanol–water partition coefficient (Wildman–Crippen LogP) is 2.62. The third-order valence-corrected chi connectivity index (χ3v) is 5.28. The van der Waals surface area contributed by atoms with Crippen LogP contribution in [0.2, 0.25) is 0 Å². The minimum atomic E-state index is -0.0947. The van der Waals surface area contributed by atoms with Gasteiger partial charge < -0.3 is 20.0 Å². The first-order valence-electron chi connectivity index (χ1n) is 9.19. The minimum Gasteiger partial charge on any atom is -0.372 e. The van der Waals surface area contributed by atoms with E-state index in [1.54, 1.807) is 16.7 Å². The molecule has 2 aliphatic heterocycles. The number of nitrogens with one attached hydrogen (secondary N) is 1. The van der Waals surface area contributed by atoms with Crippen molar-refractivity contribution in [3.05, 3.63) is 24.3 Å². The van der Waals surface area contributed by atoms with E-state index in [1.807, 2.05) is 12.1 Å². The normalized spacial score (nSPS) is 19.0. The monoisotopic (exact) mass is 344 g/mol. The summed E-state index contributed by atoms with van der Waals surface area (Å²) in [7, 11) is 0. The van der Waals surface area contributed by atoms with Gasteiger partial charge in [-0.2, -0.15) is 0 Å². The molecule has 1 aromatic carbocycles. The van der Waals surface area contributed by atoms with Crippen molar-refractivity contribution in [2.24, 2.45) is 5.92 Å². The molecule has 0 atom stereocenters. The number of nitrogens with zero attached hydrogens (tertiary/aromatic N) is 3. The van der Waals surface area contributed by atoms with Crippen LogP contribution in [-0.4, -0.2) is 61.0 Å². The summed E-state index contributed by atoms with van der Waals surface area (Å²) in [6, 6.07) is 8.01. The minimum absolute atomic E-state index is 0.0720. The number of benzene rings is 1. The predicted molar refractivity (Wildman–Crippen MR) is 99.9 cm³/mol. The highest BCUT2D eigenvalue weighted by molar-refractivity contribution is 5.89. The molecule has 2 fully saturated rings. The maximum Gasteiger partial charge on any atom is 0.321 e. The molecule has 0 aliphatic carbocycles. The molecule has 0 spiro atoms. The van der Waals surface area contributed by atoms with E-state index in [0.29, 0.717) is 26.2 Å². The van der Waals surface area contributed by atoms with Crippen LogP contribution in [0, 0.1) is 5.92 Å². The second-order valence-corrected chi connectivity index (χ2v) is 7.14. The number of urea groups is 1. The second kappa shape index (κ2) is 7.76. The van der Waals surface area contributed by atoms with Gasteiger partial charge in [-0.25, -0.2) is 4.79 Å². The van der Waals surface area contributed by atoms with Crippen molar-refractivity contribution < 1.29 is 9.59 Å². The van der Waals surface area contributed by atoms with Gasteiger partial charge in [-0.15, -0.1) is 0 Å². The van der Waals surface area contributed by atoms with Crippen LogP contribution in [0.1, 0.15) is 26.7 Å². The Labute approximate surface area is 149 Å². The third kappa shape index (κ3) is 4.44. The molecule has 1 N–H and O–H groups in total. The van der Waals surface area contributed by atoms with Gasteiger partial charge in [0.1, 0.15) is 0 Å². The lowest BCUT2D eigenvalue weighted by Gasteiger charge is -2.34. The SMILES string of the molecule is CC(=O)N1CCN(C(=O)Nc2ccc(N3CCC(C)CC3)cc2)CC1. The quantitative estimate of drug-likeness (QED) is 0.897. The molecule has 0 unspecified atom stereocenters. The summed E-state index contributed by atoms with van der Waals surface area (Å²) in [5, 5.41) is 2.96. The molecular weight excluding hydrogens is 316 g/mol. The zero-order chi connectivity index (χ0) is 17.8. The number of hydrogen-bond donors (Lipinski definition) is 1. The molecule has 3 amide bonds. The number of anilines is 2. The van der Waals surface area contributed by atoms with E-state index in [4.69, 9.17) is 0 Å². The smallest absolute Gasteiger partial charge is 0.321 e. The maximum absolute atomic E-state index is 12.4. The first-order chi connectivity index (χ1) is 12.0. The van der Waals surface area contributed by atoms with Crippen LogP contribution < -0.4 is 10.2 Å². The Kier molecular flexibility index (Phi) is 5.46. The Morgan fingerprint density at radius 1 is 0.920 bits per heavy atom. The van der Waals surface area contributed by atoms with Crippen LogP contribution in [0.4, 0.5) is 16.2 Å². The molecule has 6 heteroatoms. The summed E-state index contributed by atoms with van der Waals surface area (Å²) >= 11 is 0. The van der Waals surface area contributed by atoms with Gasteiger partial charge in [0.25, 0.3) is 0 Å². The number of piperazine rings is 1. The zero-order valence-corrected chi connectivity index (χ0v) is 15.2. The van der Waals surface area contributed by atoms with Crippen molar-refractivity contribution in [2.75, 3.05) is 49.5 Å². The maximum atomic E-state index is 12.4. The van der Waals surface area contributed by atoms with E-state index in [2.05, 4.69) is 29.3 Å². The van der Waals surface area contributed by atoms with Crippen molar-refractivity contribution in [3.8, 4) is 0 Å². The summed E-state index contributed by atoms with van der Waals surface area (Å²) in [5.41, 5.74) is 2.04. The van der Waals surface area contributed by atoms with E-state index >= 15 is 0 Å². The molecule has 2 saturated heterocycles. The fraction of sp³-hybridized carbons (Fsp3) is 0.579. The van der Waals surface area contributed by atoms with Crippen molar-refractivity contribution in [1.29, 1.82) is 0 Å². The Morgan fingerprint density at radius 2 is 1.48 bits per heavy atom. The van der Waals surface area contributed by atoms with Gasteiger partial charge in [-0.05, 0) is 43.0 Å². The number of piperidine rings is 1. The van der Waals surface area contributed by atoms with E-state index in [9.17, 15) is 9.59 Å². The van der Waals surface area contributed by atoms with Crippen molar-refractivity contribution in [1.82, 2.24) is 9.80 Å². The van der Waals surface area contributed by atoms with E-state index in [0.717, 1.165) is 24.7 Å². The van der Waals surface area contributed by atoms with Gasteiger partial charge in [-0.3, -0.25) is 4.79 Å². The Balaban J connectivity index is 1.51.